The second-order valence-corrected chi connectivity index (χ2v) is 7.90. The first-order valence-electron chi connectivity index (χ1n) is 10.5. The van der Waals surface area contributed by atoms with Crippen molar-refractivity contribution in [3.05, 3.63) is 35.4 Å². The molecule has 3 nitrogen and oxygen atoms in total. The standard InChI is InChI=1S/C23H36O3/c1-3-4-5-6-7-8-9-10-11-12-15-20-16-13-14-17-21(20)22(24)25-18-23(2)19-26-23/h13-14,16-17H,3-12,15,18-19H2,1-2H3. The third-order valence-electron chi connectivity index (χ3n) is 5.18. The summed E-state index contributed by atoms with van der Waals surface area (Å²) in [5.74, 6) is -0.218. The lowest BCUT2D eigenvalue weighted by Crippen LogP contribution is -2.19. The van der Waals surface area contributed by atoms with Crippen LogP contribution < -0.4 is 0 Å². The summed E-state index contributed by atoms with van der Waals surface area (Å²) in [6, 6.07) is 7.85. The fourth-order valence-corrected chi connectivity index (χ4v) is 3.24. The Morgan fingerprint density at radius 3 is 2.19 bits per heavy atom. The molecular formula is C23H36O3. The molecule has 0 N–H and O–H groups in total. The van der Waals surface area contributed by atoms with Crippen molar-refractivity contribution in [2.24, 2.45) is 0 Å². The van der Waals surface area contributed by atoms with E-state index in [0.29, 0.717) is 18.8 Å². The van der Waals surface area contributed by atoms with Crippen molar-refractivity contribution in [3.8, 4) is 0 Å². The van der Waals surface area contributed by atoms with E-state index in [1.165, 1.54) is 57.8 Å². The number of epoxide rings is 1. The van der Waals surface area contributed by atoms with Gasteiger partial charge in [0.2, 0.25) is 0 Å². The molecule has 0 aliphatic carbocycles. The number of carbonyl (C=O) groups is 1. The van der Waals surface area contributed by atoms with Gasteiger partial charge in [-0.05, 0) is 31.4 Å². The van der Waals surface area contributed by atoms with Crippen molar-refractivity contribution >= 4 is 5.97 Å². The number of aryl methyl sites for hydroxylation is 1. The lowest BCUT2D eigenvalue weighted by molar-refractivity contribution is 0.0409. The summed E-state index contributed by atoms with van der Waals surface area (Å²) in [5.41, 5.74) is 1.58. The third-order valence-corrected chi connectivity index (χ3v) is 5.18. The molecule has 2 rings (SSSR count). The minimum absolute atomic E-state index is 0.218. The van der Waals surface area contributed by atoms with Crippen molar-refractivity contribution in [1.82, 2.24) is 0 Å². The topological polar surface area (TPSA) is 38.8 Å². The van der Waals surface area contributed by atoms with Crippen LogP contribution in [0.1, 0.15) is 94.0 Å². The zero-order valence-electron chi connectivity index (χ0n) is 16.7. The predicted molar refractivity (Wildman–Crippen MR) is 107 cm³/mol. The van der Waals surface area contributed by atoms with Crippen molar-refractivity contribution in [2.75, 3.05) is 13.2 Å². The predicted octanol–water partition coefficient (Wildman–Crippen LogP) is 6.10. The van der Waals surface area contributed by atoms with Crippen LogP contribution in [-0.4, -0.2) is 24.8 Å². The molecule has 0 bridgehead atoms. The lowest BCUT2D eigenvalue weighted by Gasteiger charge is -2.11. The van der Waals surface area contributed by atoms with Gasteiger partial charge < -0.3 is 9.47 Å². The Hall–Kier alpha value is -1.35. The summed E-state index contributed by atoms with van der Waals surface area (Å²) in [4.78, 5) is 12.3. The maximum atomic E-state index is 12.3. The first kappa shape index (κ1) is 21.0. The Balaban J connectivity index is 1.61. The molecule has 1 unspecified atom stereocenters. The average molecular weight is 361 g/mol. The zero-order chi connectivity index (χ0) is 18.7. The number of unbranched alkanes of at least 4 members (excludes halogenated alkanes) is 9. The van der Waals surface area contributed by atoms with Gasteiger partial charge in [0, 0.05) is 0 Å². The number of hydrogen-bond acceptors (Lipinski definition) is 3. The largest absolute Gasteiger partial charge is 0.459 e. The van der Waals surface area contributed by atoms with E-state index in [1.807, 2.05) is 25.1 Å². The molecule has 1 aromatic rings. The second kappa shape index (κ2) is 11.4. The molecule has 1 aromatic carbocycles. The fraction of sp³-hybridized carbons (Fsp3) is 0.696. The SMILES string of the molecule is CCCCCCCCCCCCc1ccccc1C(=O)OCC1(C)CO1. The van der Waals surface area contributed by atoms with Crippen molar-refractivity contribution in [3.63, 3.8) is 0 Å². The first-order chi connectivity index (χ1) is 12.6. The highest BCUT2D eigenvalue weighted by Gasteiger charge is 2.40. The van der Waals surface area contributed by atoms with Crippen molar-refractivity contribution < 1.29 is 14.3 Å². The third kappa shape index (κ3) is 7.90. The number of hydrogen-bond donors (Lipinski definition) is 0. The highest BCUT2D eigenvalue weighted by atomic mass is 16.6. The van der Waals surface area contributed by atoms with Gasteiger partial charge in [-0.1, -0.05) is 82.9 Å². The van der Waals surface area contributed by atoms with Gasteiger partial charge in [0.1, 0.15) is 12.2 Å². The zero-order valence-corrected chi connectivity index (χ0v) is 16.7. The van der Waals surface area contributed by atoms with Crippen molar-refractivity contribution in [2.45, 2.75) is 90.1 Å². The highest BCUT2D eigenvalue weighted by molar-refractivity contribution is 5.91. The highest BCUT2D eigenvalue weighted by Crippen LogP contribution is 2.26. The van der Waals surface area contributed by atoms with Crippen LogP contribution in [0.2, 0.25) is 0 Å². The molecule has 0 amide bonds. The summed E-state index contributed by atoms with van der Waals surface area (Å²) in [5, 5.41) is 0. The first-order valence-corrected chi connectivity index (χ1v) is 10.5. The van der Waals surface area contributed by atoms with Crippen LogP contribution in [0.4, 0.5) is 0 Å². The molecule has 146 valence electrons. The summed E-state index contributed by atoms with van der Waals surface area (Å²) in [7, 11) is 0. The average Bonchev–Trinajstić information content (AvgIpc) is 3.39. The maximum Gasteiger partial charge on any atom is 0.338 e. The van der Waals surface area contributed by atoms with E-state index >= 15 is 0 Å². The van der Waals surface area contributed by atoms with Crippen LogP contribution in [0.25, 0.3) is 0 Å². The molecule has 1 aliphatic rings. The van der Waals surface area contributed by atoms with E-state index in [1.54, 1.807) is 0 Å². The van der Waals surface area contributed by atoms with E-state index in [4.69, 9.17) is 9.47 Å². The van der Waals surface area contributed by atoms with Gasteiger partial charge in [-0.3, -0.25) is 0 Å². The Bertz CT molecular complexity index is 534. The minimum atomic E-state index is -0.249. The smallest absolute Gasteiger partial charge is 0.338 e. The van der Waals surface area contributed by atoms with E-state index in [-0.39, 0.29) is 11.6 Å². The molecule has 1 atom stereocenters. The van der Waals surface area contributed by atoms with E-state index in [9.17, 15) is 4.79 Å². The molecule has 0 saturated carbocycles. The second-order valence-electron chi connectivity index (χ2n) is 7.90. The normalized spacial score (nSPS) is 18.7. The summed E-state index contributed by atoms with van der Waals surface area (Å²) >= 11 is 0. The number of carbonyl (C=O) groups excluding carboxylic acids is 1. The Morgan fingerprint density at radius 2 is 1.58 bits per heavy atom. The van der Waals surface area contributed by atoms with Gasteiger partial charge in [-0.2, -0.15) is 0 Å². The van der Waals surface area contributed by atoms with E-state index in [0.717, 1.165) is 18.4 Å². The Kier molecular flexibility index (Phi) is 9.17. The number of benzene rings is 1. The molecule has 1 aliphatic heterocycles. The Morgan fingerprint density at radius 1 is 1.00 bits per heavy atom. The number of rotatable bonds is 14. The minimum Gasteiger partial charge on any atom is -0.459 e. The summed E-state index contributed by atoms with van der Waals surface area (Å²) in [6.45, 7) is 5.26. The van der Waals surface area contributed by atoms with Gasteiger partial charge >= 0.3 is 5.97 Å². The monoisotopic (exact) mass is 360 g/mol. The van der Waals surface area contributed by atoms with Gasteiger partial charge in [0.25, 0.3) is 0 Å². The summed E-state index contributed by atoms with van der Waals surface area (Å²) < 4.78 is 10.7. The van der Waals surface area contributed by atoms with Gasteiger partial charge in [-0.15, -0.1) is 0 Å². The van der Waals surface area contributed by atoms with Gasteiger partial charge in [-0.25, -0.2) is 4.79 Å². The lowest BCUT2D eigenvalue weighted by atomic mass is 10.00. The number of ether oxygens (including phenoxy) is 2. The van der Waals surface area contributed by atoms with Crippen molar-refractivity contribution in [1.29, 1.82) is 0 Å². The molecule has 0 aromatic heterocycles. The van der Waals surface area contributed by atoms with Crippen LogP contribution in [-0.2, 0) is 15.9 Å². The van der Waals surface area contributed by atoms with Crippen LogP contribution in [0, 0.1) is 0 Å². The Labute approximate surface area is 159 Å². The van der Waals surface area contributed by atoms with Crippen LogP contribution >= 0.6 is 0 Å². The summed E-state index contributed by atoms with van der Waals surface area (Å²) in [6.07, 6.45) is 14.2. The van der Waals surface area contributed by atoms with Crippen LogP contribution in [0.3, 0.4) is 0 Å². The maximum absolute atomic E-state index is 12.3. The molecule has 26 heavy (non-hydrogen) atoms. The molecule has 1 heterocycles. The fourth-order valence-electron chi connectivity index (χ4n) is 3.24. The molecule has 3 heteroatoms. The number of esters is 1. The molecule has 0 spiro atoms. The molecule has 1 fully saturated rings. The van der Waals surface area contributed by atoms with E-state index in [2.05, 4.69) is 13.0 Å². The van der Waals surface area contributed by atoms with Crippen LogP contribution in [0.15, 0.2) is 24.3 Å². The van der Waals surface area contributed by atoms with Crippen LogP contribution in [0.5, 0.6) is 0 Å². The molecule has 1 saturated heterocycles. The quantitative estimate of drug-likeness (QED) is 0.229. The van der Waals surface area contributed by atoms with Gasteiger partial charge in [0.15, 0.2) is 0 Å². The van der Waals surface area contributed by atoms with E-state index < -0.39 is 0 Å². The molecular weight excluding hydrogens is 324 g/mol. The molecule has 0 radical (unpaired) electrons. The van der Waals surface area contributed by atoms with Gasteiger partial charge in [0.05, 0.1) is 12.2 Å².